The van der Waals surface area contributed by atoms with Crippen LogP contribution in [-0.2, 0) is 4.74 Å². The van der Waals surface area contributed by atoms with Gasteiger partial charge in [-0.2, -0.15) is 11.6 Å². The number of hydrogen-bond donors (Lipinski definition) is 4. The molecular weight excluding hydrogens is 287 g/mol. The van der Waals surface area contributed by atoms with E-state index in [-0.39, 0.29) is 5.69 Å². The van der Waals surface area contributed by atoms with Gasteiger partial charge in [0.1, 0.15) is 29.8 Å². The lowest BCUT2D eigenvalue weighted by molar-refractivity contribution is -0.178. The van der Waals surface area contributed by atoms with Gasteiger partial charge in [0, 0.05) is 0 Å². The van der Waals surface area contributed by atoms with Gasteiger partial charge in [0.2, 0.25) is 0 Å². The molecule has 5 atom stereocenters. The zero-order valence-corrected chi connectivity index (χ0v) is 11.5. The van der Waals surface area contributed by atoms with Crippen LogP contribution < -0.4 is 5.73 Å². The van der Waals surface area contributed by atoms with Crippen molar-refractivity contribution in [3.63, 3.8) is 0 Å². The third kappa shape index (κ3) is 2.67. The van der Waals surface area contributed by atoms with Crippen molar-refractivity contribution in [1.29, 1.82) is 0 Å². The monoisotopic (exact) mass is 302 g/mol. The van der Waals surface area contributed by atoms with Gasteiger partial charge in [-0.3, -0.25) is 4.79 Å². The smallest absolute Gasteiger partial charge is 0.270 e. The van der Waals surface area contributed by atoms with E-state index in [0.717, 1.165) is 0 Å². The zero-order chi connectivity index (χ0) is 14.9. The molecule has 2 heterocycles. The number of nitrogens with two attached hydrogens (primary N) is 1. The lowest BCUT2D eigenvalue weighted by Crippen LogP contribution is -2.55. The Morgan fingerprint density at radius 2 is 2.25 bits per heavy atom. The summed E-state index contributed by atoms with van der Waals surface area (Å²) in [5.41, 5.74) is 4.37. The van der Waals surface area contributed by atoms with Gasteiger partial charge in [-0.25, -0.2) is 4.68 Å². The molecule has 0 spiro atoms. The Labute approximate surface area is 119 Å². The van der Waals surface area contributed by atoms with Crippen LogP contribution in [0.15, 0.2) is 6.20 Å². The molecule has 20 heavy (non-hydrogen) atoms. The van der Waals surface area contributed by atoms with E-state index in [0.29, 0.717) is 0 Å². The van der Waals surface area contributed by atoms with E-state index < -0.39 is 42.3 Å². The van der Waals surface area contributed by atoms with E-state index in [4.69, 9.17) is 10.5 Å². The highest BCUT2D eigenvalue weighted by atomic mass is 32.2. The number of aliphatic hydroxyl groups excluding tert-OH is 3. The van der Waals surface area contributed by atoms with E-state index >= 15 is 0 Å². The molecule has 0 radical (unpaired) electrons. The average molecular weight is 302 g/mol. The topological polar surface area (TPSA) is 144 Å². The van der Waals surface area contributed by atoms with Crippen LogP contribution in [-0.4, -0.2) is 73.7 Å². The molecule has 5 N–H and O–H groups in total. The van der Waals surface area contributed by atoms with Crippen LogP contribution in [0, 0.1) is 0 Å². The SMILES string of the molecule is BS[C@H]1OC(CO)[C@H](O)C(n2cc(C(N)=O)nn2)C1O. The fourth-order valence-electron chi connectivity index (χ4n) is 2.11. The van der Waals surface area contributed by atoms with Gasteiger partial charge in [0.05, 0.1) is 12.8 Å². The molecule has 1 aromatic heterocycles. The number of aromatic nitrogens is 3. The van der Waals surface area contributed by atoms with Gasteiger partial charge in [-0.05, 0) is 0 Å². The summed E-state index contributed by atoms with van der Waals surface area (Å²) in [6.07, 6.45) is -1.88. The summed E-state index contributed by atoms with van der Waals surface area (Å²) in [7, 11) is 1.73. The number of hydrogen-bond acceptors (Lipinski definition) is 8. The second kappa shape index (κ2) is 6.10. The standard InChI is InChI=1S/C9H15BN4O5S/c10-20-9-7(17)5(6(16)4(2-15)19-9)14-1-3(8(11)18)12-13-14/h1,4-7,9,15-17H,2,10H2,(H2,11,18)/t4?,5?,6-,7?,9+/m0/s1. The number of amides is 1. The van der Waals surface area contributed by atoms with Crippen LogP contribution in [0.25, 0.3) is 0 Å². The largest absolute Gasteiger partial charge is 0.394 e. The summed E-state index contributed by atoms with van der Waals surface area (Å²) in [5.74, 6) is -0.757. The van der Waals surface area contributed by atoms with Crippen LogP contribution in [0.5, 0.6) is 0 Å². The molecule has 11 heteroatoms. The molecule has 3 unspecified atom stereocenters. The second-order valence-electron chi connectivity index (χ2n) is 4.38. The molecule has 1 aliphatic heterocycles. The Hall–Kier alpha value is -1.14. The van der Waals surface area contributed by atoms with Crippen LogP contribution in [0.1, 0.15) is 16.5 Å². The summed E-state index contributed by atoms with van der Waals surface area (Å²) in [6.45, 7) is -0.404. The first-order valence-electron chi connectivity index (χ1n) is 5.86. The van der Waals surface area contributed by atoms with Crippen LogP contribution in [0.4, 0.5) is 0 Å². The van der Waals surface area contributed by atoms with Gasteiger partial charge >= 0.3 is 0 Å². The number of aliphatic hydroxyl groups is 3. The highest BCUT2D eigenvalue weighted by molar-refractivity contribution is 8.20. The molecule has 0 saturated carbocycles. The van der Waals surface area contributed by atoms with Gasteiger partial charge in [-0.15, -0.1) is 5.10 Å². The molecule has 0 aromatic carbocycles. The molecule has 110 valence electrons. The second-order valence-corrected chi connectivity index (χ2v) is 5.32. The molecule has 1 amide bonds. The molecule has 1 saturated heterocycles. The third-order valence-corrected chi connectivity index (χ3v) is 4.00. The fraction of sp³-hybridized carbons (Fsp3) is 0.667. The summed E-state index contributed by atoms with van der Waals surface area (Å²) in [4.78, 5) is 11.0. The van der Waals surface area contributed by atoms with Gasteiger partial charge < -0.3 is 25.8 Å². The normalized spacial score (nSPS) is 34.0. The molecule has 0 bridgehead atoms. The lowest BCUT2D eigenvalue weighted by Gasteiger charge is -2.41. The van der Waals surface area contributed by atoms with Crippen LogP contribution in [0.2, 0.25) is 0 Å². The fourth-order valence-corrected chi connectivity index (χ4v) is 2.80. The Morgan fingerprint density at radius 1 is 1.55 bits per heavy atom. The van der Waals surface area contributed by atoms with Crippen molar-refractivity contribution in [2.24, 2.45) is 5.73 Å². The van der Waals surface area contributed by atoms with Crippen molar-refractivity contribution >= 4 is 24.6 Å². The Balaban J connectivity index is 2.31. The van der Waals surface area contributed by atoms with E-state index in [1.807, 2.05) is 0 Å². The van der Waals surface area contributed by atoms with Crippen molar-refractivity contribution in [2.45, 2.75) is 29.8 Å². The number of ether oxygens (including phenoxy) is 1. The lowest BCUT2D eigenvalue weighted by atomic mass is 9.97. The van der Waals surface area contributed by atoms with Gasteiger partial charge in [-0.1, -0.05) is 5.21 Å². The highest BCUT2D eigenvalue weighted by Crippen LogP contribution is 2.33. The van der Waals surface area contributed by atoms with Crippen molar-refractivity contribution in [1.82, 2.24) is 15.0 Å². The summed E-state index contributed by atoms with van der Waals surface area (Å²) < 4.78 is 6.55. The number of nitrogens with zero attached hydrogens (tertiary/aromatic N) is 3. The van der Waals surface area contributed by atoms with Crippen molar-refractivity contribution in [3.8, 4) is 0 Å². The number of carbonyl (C=O) groups is 1. The zero-order valence-electron chi connectivity index (χ0n) is 10.7. The van der Waals surface area contributed by atoms with Crippen molar-refractivity contribution < 1.29 is 24.9 Å². The first kappa shape index (κ1) is 15.3. The van der Waals surface area contributed by atoms with Gasteiger partial charge in [0.25, 0.3) is 5.91 Å². The predicted molar refractivity (Wildman–Crippen MR) is 71.5 cm³/mol. The number of carbonyl (C=O) groups excluding carboxylic acids is 1. The predicted octanol–water partition coefficient (Wildman–Crippen LogP) is -3.36. The minimum Gasteiger partial charge on any atom is -0.394 e. The number of rotatable bonds is 4. The average Bonchev–Trinajstić information content (AvgIpc) is 2.89. The van der Waals surface area contributed by atoms with E-state index in [1.54, 1.807) is 7.12 Å². The first-order chi connectivity index (χ1) is 9.49. The maximum Gasteiger partial charge on any atom is 0.270 e. The third-order valence-electron chi connectivity index (χ3n) is 3.15. The maximum atomic E-state index is 11.0. The minimum atomic E-state index is -1.19. The van der Waals surface area contributed by atoms with E-state index in [2.05, 4.69) is 10.3 Å². The Bertz CT molecular complexity index is 473. The number of primary amides is 1. The molecule has 1 fully saturated rings. The molecule has 1 aliphatic rings. The first-order valence-corrected chi connectivity index (χ1v) is 7.15. The Morgan fingerprint density at radius 3 is 2.75 bits per heavy atom. The maximum absolute atomic E-state index is 11.0. The van der Waals surface area contributed by atoms with E-state index in [9.17, 15) is 20.1 Å². The van der Waals surface area contributed by atoms with Gasteiger partial charge in [0.15, 0.2) is 12.8 Å². The highest BCUT2D eigenvalue weighted by Gasteiger charge is 2.45. The van der Waals surface area contributed by atoms with E-state index in [1.165, 1.54) is 22.5 Å². The van der Waals surface area contributed by atoms with Crippen LogP contribution in [0.3, 0.4) is 0 Å². The summed E-state index contributed by atoms with van der Waals surface area (Å²) in [5, 5.41) is 36.9. The minimum absolute atomic E-state index is 0.0721. The Kier molecular flexibility index (Phi) is 4.65. The molecule has 9 nitrogen and oxygen atoms in total. The molecule has 2 rings (SSSR count). The summed E-state index contributed by atoms with van der Waals surface area (Å²) in [6, 6.07) is -0.890. The molecule has 0 aliphatic carbocycles. The molecule has 1 aromatic rings. The van der Waals surface area contributed by atoms with Crippen LogP contribution >= 0.6 is 11.6 Å². The molecular formula is C9H15BN4O5S. The quantitative estimate of drug-likeness (QED) is 0.422. The van der Waals surface area contributed by atoms with Crippen molar-refractivity contribution in [3.05, 3.63) is 11.9 Å². The van der Waals surface area contributed by atoms with Crippen molar-refractivity contribution in [2.75, 3.05) is 6.61 Å². The summed E-state index contributed by atoms with van der Waals surface area (Å²) >= 11 is 1.24.